The lowest BCUT2D eigenvalue weighted by molar-refractivity contribution is -0.642. The highest BCUT2D eigenvalue weighted by Crippen LogP contribution is 2.41. The van der Waals surface area contributed by atoms with Crippen LogP contribution in [-0.4, -0.2) is 30.2 Å². The van der Waals surface area contributed by atoms with Gasteiger partial charge in [0.1, 0.15) is 13.7 Å². The third-order valence-corrected chi connectivity index (χ3v) is 4.98. The number of benzene rings is 3. The van der Waals surface area contributed by atoms with Crippen molar-refractivity contribution in [1.29, 1.82) is 0 Å². The van der Waals surface area contributed by atoms with Gasteiger partial charge in [0, 0.05) is 5.39 Å². The number of ether oxygens (including phenoxy) is 3. The van der Waals surface area contributed by atoms with E-state index in [1.54, 1.807) is 6.07 Å². The molecule has 0 unspecified atom stereocenters. The van der Waals surface area contributed by atoms with Crippen molar-refractivity contribution in [2.24, 2.45) is 7.05 Å². The Bertz CT molecular complexity index is 1220. The Morgan fingerprint density at radius 1 is 1.00 bits per heavy atom. The minimum Gasteiger partial charge on any atom is -0.504 e. The summed E-state index contributed by atoms with van der Waals surface area (Å²) in [5.41, 5.74) is 1.04. The molecule has 0 atom stereocenters. The highest BCUT2D eigenvalue weighted by molar-refractivity contribution is 6.15. The second-order valence-electron chi connectivity index (χ2n) is 6.57. The first kappa shape index (κ1) is 16.0. The summed E-state index contributed by atoms with van der Waals surface area (Å²) in [4.78, 5) is 0. The number of hydrogen-bond acceptors (Lipinski definition) is 5. The van der Waals surface area contributed by atoms with Crippen LogP contribution in [0.4, 0.5) is 0 Å². The second-order valence-corrected chi connectivity index (χ2v) is 6.57. The van der Waals surface area contributed by atoms with Gasteiger partial charge in [-0.3, -0.25) is 0 Å². The monoisotopic (exact) mass is 364 g/mol. The van der Waals surface area contributed by atoms with Crippen LogP contribution in [0.3, 0.4) is 0 Å². The number of pyridine rings is 1. The fourth-order valence-electron chi connectivity index (χ4n) is 3.78. The van der Waals surface area contributed by atoms with Gasteiger partial charge in [0.05, 0.1) is 22.8 Å². The summed E-state index contributed by atoms with van der Waals surface area (Å²) in [6.45, 7) is 0.269. The lowest BCUT2D eigenvalue weighted by Crippen LogP contribution is -2.28. The molecule has 0 saturated heterocycles. The van der Waals surface area contributed by atoms with Gasteiger partial charge in [0.25, 0.3) is 0 Å². The number of rotatable bonds is 3. The van der Waals surface area contributed by atoms with Crippen LogP contribution in [0.25, 0.3) is 32.4 Å². The van der Waals surface area contributed by atoms with Crippen LogP contribution in [0.2, 0.25) is 0 Å². The molecule has 136 valence electrons. The maximum Gasteiger partial charge on any atom is 0.231 e. The number of aliphatic hydroxyl groups excluding tert-OH is 1. The summed E-state index contributed by atoms with van der Waals surface area (Å²) < 4.78 is 18.5. The van der Waals surface area contributed by atoms with Crippen molar-refractivity contribution in [2.75, 3.05) is 20.0 Å². The van der Waals surface area contributed by atoms with Gasteiger partial charge in [0.2, 0.25) is 12.3 Å². The van der Waals surface area contributed by atoms with E-state index < -0.39 is 0 Å². The Morgan fingerprint density at radius 3 is 2.59 bits per heavy atom. The fourth-order valence-corrected chi connectivity index (χ4v) is 3.78. The molecule has 6 nitrogen and oxygen atoms in total. The average Bonchev–Trinajstić information content (AvgIpc) is 3.13. The molecule has 5 rings (SSSR count). The fraction of sp³-hybridized carbons (Fsp3) is 0.190. The molecule has 1 aliphatic rings. The van der Waals surface area contributed by atoms with E-state index in [-0.39, 0.29) is 25.8 Å². The van der Waals surface area contributed by atoms with Crippen LogP contribution in [0.15, 0.2) is 42.6 Å². The summed E-state index contributed by atoms with van der Waals surface area (Å²) in [5.74, 6) is 1.93. The highest BCUT2D eigenvalue weighted by atomic mass is 16.7. The normalized spacial score (nSPS) is 13.0. The molecule has 0 saturated carbocycles. The predicted molar refractivity (Wildman–Crippen MR) is 101 cm³/mol. The van der Waals surface area contributed by atoms with Crippen LogP contribution in [0.5, 0.6) is 23.0 Å². The summed E-state index contributed by atoms with van der Waals surface area (Å²) in [6.07, 6.45) is 1.89. The second kappa shape index (κ2) is 5.89. The molecule has 0 aliphatic carbocycles. The number of aliphatic hydroxyl groups is 1. The minimum absolute atomic E-state index is 0.0734. The predicted octanol–water partition coefficient (Wildman–Crippen LogP) is 2.78. The van der Waals surface area contributed by atoms with Gasteiger partial charge >= 0.3 is 0 Å². The molecular weight excluding hydrogens is 346 g/mol. The summed E-state index contributed by atoms with van der Waals surface area (Å²) >= 11 is 0. The Kier molecular flexibility index (Phi) is 3.48. The number of nitrogens with zero attached hydrogens (tertiary/aromatic N) is 1. The number of aryl methyl sites for hydroxylation is 1. The van der Waals surface area contributed by atoms with Crippen molar-refractivity contribution in [3.63, 3.8) is 0 Å². The van der Waals surface area contributed by atoms with Crippen molar-refractivity contribution in [1.82, 2.24) is 0 Å². The van der Waals surface area contributed by atoms with Crippen LogP contribution < -0.4 is 18.8 Å². The number of phenols is 1. The topological polar surface area (TPSA) is 72.0 Å². The van der Waals surface area contributed by atoms with Crippen LogP contribution in [0, 0.1) is 0 Å². The van der Waals surface area contributed by atoms with Gasteiger partial charge in [-0.05, 0) is 35.7 Å². The van der Waals surface area contributed by atoms with Crippen LogP contribution in [0.1, 0.15) is 0 Å². The van der Waals surface area contributed by atoms with E-state index in [0.29, 0.717) is 11.1 Å². The third kappa shape index (κ3) is 2.34. The zero-order valence-electron chi connectivity index (χ0n) is 14.7. The number of fused-ring (bicyclic) bond motifs is 6. The van der Waals surface area contributed by atoms with E-state index in [0.717, 1.165) is 38.6 Å². The largest absolute Gasteiger partial charge is 0.504 e. The van der Waals surface area contributed by atoms with E-state index in [9.17, 15) is 5.11 Å². The van der Waals surface area contributed by atoms with Gasteiger partial charge in [-0.2, -0.15) is 4.57 Å². The lowest BCUT2D eigenvalue weighted by Gasteiger charge is -2.11. The molecule has 3 aromatic carbocycles. The molecular formula is C21H18NO5+. The van der Waals surface area contributed by atoms with Gasteiger partial charge in [0.15, 0.2) is 29.2 Å². The van der Waals surface area contributed by atoms with Gasteiger partial charge in [-0.1, -0.05) is 6.07 Å². The summed E-state index contributed by atoms with van der Waals surface area (Å²) in [6, 6.07) is 11.8. The van der Waals surface area contributed by atoms with Gasteiger partial charge < -0.3 is 24.4 Å². The van der Waals surface area contributed by atoms with Crippen LogP contribution >= 0.6 is 0 Å². The first-order chi connectivity index (χ1) is 13.2. The zero-order chi connectivity index (χ0) is 18.5. The maximum absolute atomic E-state index is 10.6. The van der Waals surface area contributed by atoms with Crippen molar-refractivity contribution in [3.8, 4) is 23.0 Å². The highest BCUT2D eigenvalue weighted by Gasteiger charge is 2.21. The summed E-state index contributed by atoms with van der Waals surface area (Å²) in [7, 11) is 1.95. The van der Waals surface area contributed by atoms with Crippen molar-refractivity contribution >= 4 is 32.4 Å². The number of hydrogen-bond donors (Lipinski definition) is 2. The minimum atomic E-state index is -0.106. The van der Waals surface area contributed by atoms with E-state index >= 15 is 0 Å². The van der Waals surface area contributed by atoms with Crippen molar-refractivity contribution < 1.29 is 29.0 Å². The molecule has 0 amide bonds. The van der Waals surface area contributed by atoms with Crippen molar-refractivity contribution in [3.05, 3.63) is 42.6 Å². The molecule has 0 fully saturated rings. The molecule has 1 aromatic heterocycles. The summed E-state index contributed by atoms with van der Waals surface area (Å²) in [5, 5.41) is 24.4. The molecule has 2 N–H and O–H groups in total. The quantitative estimate of drug-likeness (QED) is 0.432. The van der Waals surface area contributed by atoms with E-state index in [1.807, 2.05) is 42.1 Å². The molecule has 1 aliphatic heterocycles. The first-order valence-corrected chi connectivity index (χ1v) is 8.71. The molecule has 0 radical (unpaired) electrons. The molecule has 6 heteroatoms. The lowest BCUT2D eigenvalue weighted by atomic mass is 10.00. The van der Waals surface area contributed by atoms with E-state index in [2.05, 4.69) is 6.07 Å². The van der Waals surface area contributed by atoms with Gasteiger partial charge in [-0.25, -0.2) is 0 Å². The number of aromatic hydroxyl groups is 1. The molecule has 0 bridgehead atoms. The smallest absolute Gasteiger partial charge is 0.231 e. The molecule has 0 spiro atoms. The van der Waals surface area contributed by atoms with Gasteiger partial charge in [-0.15, -0.1) is 0 Å². The Labute approximate surface area is 154 Å². The first-order valence-electron chi connectivity index (χ1n) is 8.71. The third-order valence-electron chi connectivity index (χ3n) is 4.98. The SMILES string of the molecule is C[n+]1cc2c(O)c(OCCO)ccc2c2ccc3cc4c(cc3c21)OCO4. The molecule has 27 heavy (non-hydrogen) atoms. The average molecular weight is 364 g/mol. The standard InChI is InChI=1S/C21H17NO5/c1-22-10-16-13(4-5-17(21(16)24)25-7-6-23)14-3-2-12-8-18-19(27-11-26-18)9-15(12)20(14)22/h2-5,8-10,23H,6-7,11H2,1H3/p+1. The number of aromatic nitrogens is 1. The van der Waals surface area contributed by atoms with E-state index in [1.165, 1.54) is 0 Å². The Balaban J connectivity index is 1.83. The van der Waals surface area contributed by atoms with E-state index in [4.69, 9.17) is 19.3 Å². The van der Waals surface area contributed by atoms with Crippen molar-refractivity contribution in [2.45, 2.75) is 0 Å². The molecule has 2 heterocycles. The Hall–Kier alpha value is -3.25. The molecule has 4 aromatic rings. The number of phenolic OH excluding ortho intramolecular Hbond substituents is 1. The van der Waals surface area contributed by atoms with Crippen LogP contribution in [-0.2, 0) is 7.05 Å². The Morgan fingerprint density at radius 2 is 1.78 bits per heavy atom. The zero-order valence-corrected chi connectivity index (χ0v) is 14.7. The maximum atomic E-state index is 10.6.